The van der Waals surface area contributed by atoms with Gasteiger partial charge in [0.15, 0.2) is 5.82 Å². The zero-order valence-corrected chi connectivity index (χ0v) is 21.5. The Bertz CT molecular complexity index is 1750. The van der Waals surface area contributed by atoms with E-state index in [1.807, 2.05) is 0 Å². The molecule has 1 atom stereocenters. The molecule has 0 saturated carbocycles. The van der Waals surface area contributed by atoms with Crippen molar-refractivity contribution in [2.45, 2.75) is 23.5 Å². The van der Waals surface area contributed by atoms with Crippen LogP contribution in [0.5, 0.6) is 0 Å². The number of oxime groups is 1. The lowest BCUT2D eigenvalue weighted by Gasteiger charge is -2.25. The maximum absolute atomic E-state index is 15.7. The molecule has 15 heteroatoms. The smallest absolute Gasteiger partial charge is 0.273 e. The van der Waals surface area contributed by atoms with E-state index >= 15 is 4.39 Å². The molecule has 5 rings (SSSR count). The normalized spacial score (nSPS) is 16.7. The Morgan fingerprint density at radius 3 is 2.55 bits per heavy atom. The van der Waals surface area contributed by atoms with Crippen molar-refractivity contribution in [2.24, 2.45) is 16.0 Å². The van der Waals surface area contributed by atoms with Crippen LogP contribution in [0.2, 0.25) is 0 Å². The predicted molar refractivity (Wildman–Crippen MR) is 142 cm³/mol. The van der Waals surface area contributed by atoms with Crippen LogP contribution in [-0.4, -0.2) is 51.7 Å². The fraction of sp³-hybridized carbons (Fsp3) is 0.120. The number of amides is 1. The van der Waals surface area contributed by atoms with Gasteiger partial charge in [-0.05, 0) is 28.1 Å². The first kappa shape index (κ1) is 26.6. The lowest BCUT2D eigenvalue weighted by molar-refractivity contribution is -0.140. The number of nitrogens with two attached hydrogens (primary N) is 2. The lowest BCUT2D eigenvalue weighted by Crippen LogP contribution is -2.47. The number of carbonyl (C=O) groups is 1. The number of primary sulfonamides is 1. The van der Waals surface area contributed by atoms with Crippen molar-refractivity contribution < 1.29 is 22.4 Å². The van der Waals surface area contributed by atoms with Crippen LogP contribution in [0.1, 0.15) is 17.5 Å². The molecule has 4 aromatic rings. The number of nitrogen functional groups attached to an aromatic ring is 1. The number of anilines is 1. The molecule has 6 N–H and O–H groups in total. The van der Waals surface area contributed by atoms with Crippen molar-refractivity contribution in [1.29, 1.82) is 5.41 Å². The van der Waals surface area contributed by atoms with Crippen LogP contribution >= 0.6 is 0 Å². The number of carbonyl (C=O) groups excluding carboxylic acids is 1. The van der Waals surface area contributed by atoms with Gasteiger partial charge in [0.2, 0.25) is 15.6 Å². The number of benzene rings is 3. The van der Waals surface area contributed by atoms with E-state index in [0.29, 0.717) is 22.4 Å². The molecule has 0 spiro atoms. The molecule has 204 valence electrons. The zero-order valence-electron chi connectivity index (χ0n) is 20.7. The van der Waals surface area contributed by atoms with E-state index in [2.05, 4.69) is 26.0 Å². The molecule has 1 amide bonds. The fourth-order valence-corrected chi connectivity index (χ4v) is 5.16. The van der Waals surface area contributed by atoms with E-state index in [0.717, 1.165) is 0 Å². The molecule has 40 heavy (non-hydrogen) atoms. The van der Waals surface area contributed by atoms with Gasteiger partial charge in [0.1, 0.15) is 17.1 Å². The summed E-state index contributed by atoms with van der Waals surface area (Å²) in [7, 11) is -4.54. The second-order valence-electron chi connectivity index (χ2n) is 8.97. The van der Waals surface area contributed by atoms with Crippen molar-refractivity contribution in [3.8, 4) is 11.1 Å². The predicted octanol–water partition coefficient (Wildman–Crippen LogP) is 1.61. The largest absolute Gasteiger partial charge is 0.384 e. The van der Waals surface area contributed by atoms with Crippen LogP contribution in [0, 0.1) is 11.2 Å². The summed E-state index contributed by atoms with van der Waals surface area (Å²) in [6.07, 6.45) is 1.17. The highest BCUT2D eigenvalue weighted by Crippen LogP contribution is 2.35. The summed E-state index contributed by atoms with van der Waals surface area (Å²) in [4.78, 5) is 18.6. The standard InChI is InChI=1S/C25H22FN9O4S/c26-21-19(10-9-18(22(21)40(29,37)38)15-5-2-1-3-6-15)31-24(36)25(13-35-14-30-33-34-35)12-20(32-39-25)16-7-4-8-17(11-16)23(27)28/h1-11,14H,12-13H2,(H3,27,28)(H,31,36)(H2,29,37,38). The molecule has 0 bridgehead atoms. The number of aromatic nitrogens is 4. The minimum Gasteiger partial charge on any atom is -0.384 e. The van der Waals surface area contributed by atoms with Crippen molar-refractivity contribution in [3.63, 3.8) is 0 Å². The van der Waals surface area contributed by atoms with Crippen LogP contribution in [0.15, 0.2) is 83.1 Å². The fourth-order valence-electron chi connectivity index (χ4n) is 4.30. The molecule has 2 heterocycles. The number of amidine groups is 1. The van der Waals surface area contributed by atoms with Crippen LogP contribution in [0.3, 0.4) is 0 Å². The molecule has 1 aliphatic rings. The maximum atomic E-state index is 15.7. The number of nitrogens with one attached hydrogen (secondary N) is 2. The molecule has 0 fully saturated rings. The van der Waals surface area contributed by atoms with Gasteiger partial charge in [-0.25, -0.2) is 22.6 Å². The van der Waals surface area contributed by atoms with Gasteiger partial charge in [0.25, 0.3) is 5.91 Å². The highest BCUT2D eigenvalue weighted by molar-refractivity contribution is 7.89. The molecule has 1 unspecified atom stereocenters. The molecular weight excluding hydrogens is 541 g/mol. The van der Waals surface area contributed by atoms with Gasteiger partial charge in [0.05, 0.1) is 17.9 Å². The summed E-state index contributed by atoms with van der Waals surface area (Å²) in [5, 5.41) is 30.5. The summed E-state index contributed by atoms with van der Waals surface area (Å²) in [6.45, 7) is -0.211. The second-order valence-corrected chi connectivity index (χ2v) is 10.5. The SMILES string of the molecule is N=C(N)c1cccc(C2=NOC(Cn3cnnn3)(C(=O)Nc3ccc(-c4ccccc4)c(S(N)(=O)=O)c3F)C2)c1. The molecule has 13 nitrogen and oxygen atoms in total. The topological polar surface area (TPSA) is 204 Å². The average molecular weight is 564 g/mol. The van der Waals surface area contributed by atoms with Gasteiger partial charge in [-0.1, -0.05) is 59.8 Å². The Labute approximate surface area is 227 Å². The number of hydrogen-bond acceptors (Lipinski definition) is 9. The van der Waals surface area contributed by atoms with E-state index in [-0.39, 0.29) is 24.4 Å². The van der Waals surface area contributed by atoms with E-state index in [1.165, 1.54) is 23.1 Å². The number of nitrogens with zero attached hydrogens (tertiary/aromatic N) is 5. The first-order valence-corrected chi connectivity index (χ1v) is 13.2. The maximum Gasteiger partial charge on any atom is 0.273 e. The molecule has 0 saturated heterocycles. The van der Waals surface area contributed by atoms with Crippen LogP contribution < -0.4 is 16.2 Å². The minimum atomic E-state index is -4.54. The van der Waals surface area contributed by atoms with Gasteiger partial charge in [-0.2, -0.15) is 0 Å². The average Bonchev–Trinajstić information content (AvgIpc) is 3.60. The molecular formula is C25H22FN9O4S. The molecule has 0 radical (unpaired) electrons. The van der Waals surface area contributed by atoms with Crippen molar-refractivity contribution in [2.75, 3.05) is 5.32 Å². The van der Waals surface area contributed by atoms with Crippen molar-refractivity contribution in [3.05, 3.63) is 90.0 Å². The third kappa shape index (κ3) is 5.14. The summed E-state index contributed by atoms with van der Waals surface area (Å²) in [6, 6.07) is 17.5. The van der Waals surface area contributed by atoms with E-state index < -0.39 is 37.9 Å². The van der Waals surface area contributed by atoms with E-state index in [9.17, 15) is 13.2 Å². The molecule has 0 aliphatic carbocycles. The highest BCUT2D eigenvalue weighted by Gasteiger charge is 2.48. The minimum absolute atomic E-state index is 0.0371. The van der Waals surface area contributed by atoms with Crippen LogP contribution in [0.4, 0.5) is 10.1 Å². The van der Waals surface area contributed by atoms with Crippen LogP contribution in [0.25, 0.3) is 11.1 Å². The number of hydrogen-bond donors (Lipinski definition) is 4. The highest BCUT2D eigenvalue weighted by atomic mass is 32.2. The van der Waals surface area contributed by atoms with Crippen molar-refractivity contribution >= 4 is 33.2 Å². The van der Waals surface area contributed by atoms with Crippen LogP contribution in [-0.2, 0) is 26.2 Å². The van der Waals surface area contributed by atoms with Gasteiger partial charge in [0, 0.05) is 23.1 Å². The van der Waals surface area contributed by atoms with Gasteiger partial charge >= 0.3 is 0 Å². The summed E-state index contributed by atoms with van der Waals surface area (Å²) in [5.41, 5.74) is 5.23. The Kier molecular flexibility index (Phi) is 6.83. The molecule has 1 aromatic heterocycles. The first-order chi connectivity index (χ1) is 19.1. The summed E-state index contributed by atoms with van der Waals surface area (Å²) in [5.74, 6) is -2.22. The van der Waals surface area contributed by atoms with Gasteiger partial charge in [-0.3, -0.25) is 10.2 Å². The molecule has 3 aromatic carbocycles. The Hall–Kier alpha value is -5.02. The third-order valence-electron chi connectivity index (χ3n) is 6.23. The monoisotopic (exact) mass is 563 g/mol. The van der Waals surface area contributed by atoms with E-state index in [4.69, 9.17) is 21.1 Å². The number of sulfonamides is 1. The third-order valence-corrected chi connectivity index (χ3v) is 7.20. The summed E-state index contributed by atoms with van der Waals surface area (Å²) >= 11 is 0. The first-order valence-electron chi connectivity index (χ1n) is 11.7. The molecule has 1 aliphatic heterocycles. The van der Waals surface area contributed by atoms with Crippen molar-refractivity contribution in [1.82, 2.24) is 20.2 Å². The van der Waals surface area contributed by atoms with Gasteiger partial charge in [-0.15, -0.1) is 5.10 Å². The number of tetrazole rings is 1. The van der Waals surface area contributed by atoms with E-state index in [1.54, 1.807) is 54.6 Å². The Morgan fingerprint density at radius 1 is 1.12 bits per heavy atom. The summed E-state index contributed by atoms with van der Waals surface area (Å²) < 4.78 is 41.8. The number of rotatable bonds is 8. The van der Waals surface area contributed by atoms with Gasteiger partial charge < -0.3 is 15.9 Å². The zero-order chi connectivity index (χ0) is 28.5. The quantitative estimate of drug-likeness (QED) is 0.183. The lowest BCUT2D eigenvalue weighted by atomic mass is 9.92. The second kappa shape index (κ2) is 10.3. The Balaban J connectivity index is 1.50. The number of halogens is 1. The Morgan fingerprint density at radius 2 is 1.88 bits per heavy atom.